The van der Waals surface area contributed by atoms with Crippen molar-refractivity contribution in [2.24, 2.45) is 11.5 Å². The van der Waals surface area contributed by atoms with Crippen molar-refractivity contribution >= 4 is 11.9 Å². The first-order valence-electron chi connectivity index (χ1n) is 3.28. The van der Waals surface area contributed by atoms with E-state index in [-0.39, 0.29) is 12.8 Å². The molecule has 0 heterocycles. The van der Waals surface area contributed by atoms with Gasteiger partial charge in [-0.3, -0.25) is 9.59 Å². The molecule has 0 fully saturated rings. The highest BCUT2D eigenvalue weighted by Crippen LogP contribution is 1.97. The number of carbonyl (C=O) groups excluding carboxylic acids is 1. The van der Waals surface area contributed by atoms with Gasteiger partial charge in [0, 0.05) is 12.5 Å². The monoisotopic (exact) mass is 160 g/mol. The van der Waals surface area contributed by atoms with E-state index in [1.54, 1.807) is 0 Å². The Labute approximate surface area is 64.4 Å². The van der Waals surface area contributed by atoms with Crippen molar-refractivity contribution < 1.29 is 14.7 Å². The van der Waals surface area contributed by atoms with Gasteiger partial charge in [-0.05, 0) is 6.42 Å². The second kappa shape index (κ2) is 4.68. The quantitative estimate of drug-likeness (QED) is 0.482. The number of carboxylic acids is 1. The molecule has 0 aromatic rings. The van der Waals surface area contributed by atoms with E-state index >= 15 is 0 Å². The summed E-state index contributed by atoms with van der Waals surface area (Å²) in [5, 5.41) is 8.25. The second-order valence-electron chi connectivity index (χ2n) is 2.36. The molecule has 0 spiro atoms. The van der Waals surface area contributed by atoms with Crippen molar-refractivity contribution in [1.82, 2.24) is 0 Å². The predicted octanol–water partition coefficient (Wildman–Crippen LogP) is -0.946. The van der Waals surface area contributed by atoms with E-state index in [1.165, 1.54) is 0 Å². The highest BCUT2D eigenvalue weighted by atomic mass is 16.4. The standard InChI is InChI=1S/C6H12N2O3/c7-4(3-6(10)11)1-2-5(8)9/h4H,1-3,7H2,(H2,8,9)(H,10,11). The Morgan fingerprint density at radius 3 is 2.36 bits per heavy atom. The van der Waals surface area contributed by atoms with Crippen molar-refractivity contribution in [3.05, 3.63) is 0 Å². The minimum absolute atomic E-state index is 0.118. The van der Waals surface area contributed by atoms with Crippen LogP contribution in [0, 0.1) is 0 Å². The summed E-state index contributed by atoms with van der Waals surface area (Å²) in [6, 6.07) is -0.472. The SMILES string of the molecule is NC(=O)CCC(N)CC(=O)O. The van der Waals surface area contributed by atoms with Crippen LogP contribution in [-0.2, 0) is 9.59 Å². The summed E-state index contributed by atoms with van der Waals surface area (Å²) < 4.78 is 0. The summed E-state index contributed by atoms with van der Waals surface area (Å²) in [6.45, 7) is 0. The number of rotatable bonds is 5. The minimum atomic E-state index is -0.957. The van der Waals surface area contributed by atoms with E-state index in [2.05, 4.69) is 0 Å². The van der Waals surface area contributed by atoms with Crippen molar-refractivity contribution in [2.75, 3.05) is 0 Å². The molecule has 64 valence electrons. The summed E-state index contributed by atoms with van der Waals surface area (Å²) in [7, 11) is 0. The zero-order valence-corrected chi connectivity index (χ0v) is 6.12. The minimum Gasteiger partial charge on any atom is -0.481 e. The molecule has 0 rings (SSSR count). The fourth-order valence-corrected chi connectivity index (χ4v) is 0.654. The van der Waals surface area contributed by atoms with E-state index in [4.69, 9.17) is 16.6 Å². The molecule has 5 N–H and O–H groups in total. The number of hydrogen-bond donors (Lipinski definition) is 3. The van der Waals surface area contributed by atoms with Gasteiger partial charge in [-0.15, -0.1) is 0 Å². The largest absolute Gasteiger partial charge is 0.481 e. The van der Waals surface area contributed by atoms with Crippen LogP contribution in [0.15, 0.2) is 0 Å². The summed E-state index contributed by atoms with van der Waals surface area (Å²) in [5.41, 5.74) is 10.2. The van der Waals surface area contributed by atoms with E-state index in [0.717, 1.165) is 0 Å². The fourth-order valence-electron chi connectivity index (χ4n) is 0.654. The van der Waals surface area contributed by atoms with Gasteiger partial charge in [0.05, 0.1) is 6.42 Å². The van der Waals surface area contributed by atoms with E-state index < -0.39 is 17.9 Å². The summed E-state index contributed by atoms with van der Waals surface area (Å²) in [6.07, 6.45) is 0.364. The Morgan fingerprint density at radius 2 is 2.00 bits per heavy atom. The second-order valence-corrected chi connectivity index (χ2v) is 2.36. The number of carbonyl (C=O) groups is 2. The molecular weight excluding hydrogens is 148 g/mol. The highest BCUT2D eigenvalue weighted by molar-refractivity contribution is 5.74. The Balaban J connectivity index is 3.44. The zero-order valence-electron chi connectivity index (χ0n) is 6.12. The number of nitrogens with two attached hydrogens (primary N) is 2. The van der Waals surface area contributed by atoms with Crippen LogP contribution in [-0.4, -0.2) is 23.0 Å². The van der Waals surface area contributed by atoms with Crippen molar-refractivity contribution in [3.63, 3.8) is 0 Å². The van der Waals surface area contributed by atoms with Crippen LogP contribution in [0.3, 0.4) is 0 Å². The summed E-state index contributed by atoms with van der Waals surface area (Å²) in [5.74, 6) is -1.41. The topological polar surface area (TPSA) is 106 Å². The lowest BCUT2D eigenvalue weighted by molar-refractivity contribution is -0.137. The molecule has 1 amide bonds. The van der Waals surface area contributed by atoms with Crippen LogP contribution < -0.4 is 11.5 Å². The number of primary amides is 1. The molecule has 1 atom stereocenters. The predicted molar refractivity (Wildman–Crippen MR) is 38.7 cm³/mol. The maximum absolute atomic E-state index is 10.2. The molecule has 0 saturated carbocycles. The zero-order chi connectivity index (χ0) is 8.85. The molecule has 0 aliphatic heterocycles. The third-order valence-corrected chi connectivity index (χ3v) is 1.20. The van der Waals surface area contributed by atoms with Crippen LogP contribution in [0.2, 0.25) is 0 Å². The molecule has 0 bridgehead atoms. The molecule has 5 nitrogen and oxygen atoms in total. The molecule has 0 aromatic carbocycles. The first-order valence-corrected chi connectivity index (χ1v) is 3.28. The third kappa shape index (κ3) is 6.79. The van der Waals surface area contributed by atoms with E-state index in [1.807, 2.05) is 0 Å². The van der Waals surface area contributed by atoms with Gasteiger partial charge in [-0.2, -0.15) is 0 Å². The van der Waals surface area contributed by atoms with Crippen LogP contribution in [0.5, 0.6) is 0 Å². The van der Waals surface area contributed by atoms with E-state index in [0.29, 0.717) is 6.42 Å². The molecule has 0 saturated heterocycles. The molecule has 0 radical (unpaired) electrons. The first kappa shape index (κ1) is 9.90. The number of carboxylic acid groups (broad SMARTS) is 1. The number of amides is 1. The Morgan fingerprint density at radius 1 is 1.45 bits per heavy atom. The van der Waals surface area contributed by atoms with Crippen molar-refractivity contribution in [3.8, 4) is 0 Å². The van der Waals surface area contributed by atoms with Crippen LogP contribution in [0.1, 0.15) is 19.3 Å². The van der Waals surface area contributed by atoms with E-state index in [9.17, 15) is 9.59 Å². The fraction of sp³-hybridized carbons (Fsp3) is 0.667. The van der Waals surface area contributed by atoms with Crippen LogP contribution >= 0.6 is 0 Å². The van der Waals surface area contributed by atoms with Gasteiger partial charge in [0.25, 0.3) is 0 Å². The molecule has 5 heteroatoms. The van der Waals surface area contributed by atoms with Gasteiger partial charge < -0.3 is 16.6 Å². The highest BCUT2D eigenvalue weighted by Gasteiger charge is 2.08. The molecule has 0 aromatic heterocycles. The van der Waals surface area contributed by atoms with Gasteiger partial charge in [0.15, 0.2) is 0 Å². The van der Waals surface area contributed by atoms with Crippen molar-refractivity contribution in [2.45, 2.75) is 25.3 Å². The van der Waals surface area contributed by atoms with Crippen LogP contribution in [0.25, 0.3) is 0 Å². The molecular formula is C6H12N2O3. The van der Waals surface area contributed by atoms with Crippen LogP contribution in [0.4, 0.5) is 0 Å². The van der Waals surface area contributed by atoms with Gasteiger partial charge >= 0.3 is 5.97 Å². The maximum atomic E-state index is 10.2. The molecule has 0 aliphatic rings. The average molecular weight is 160 g/mol. The lowest BCUT2D eigenvalue weighted by Gasteiger charge is -2.05. The molecule has 0 aliphatic carbocycles. The normalized spacial score (nSPS) is 12.5. The summed E-state index contributed by atoms with van der Waals surface area (Å²) >= 11 is 0. The molecule has 11 heavy (non-hydrogen) atoms. The average Bonchev–Trinajstić information content (AvgIpc) is 1.82. The Bertz CT molecular complexity index is 158. The number of hydrogen-bond acceptors (Lipinski definition) is 3. The number of aliphatic carboxylic acids is 1. The lowest BCUT2D eigenvalue weighted by Crippen LogP contribution is -2.25. The lowest BCUT2D eigenvalue weighted by atomic mass is 10.1. The Hall–Kier alpha value is -1.10. The van der Waals surface area contributed by atoms with Gasteiger partial charge in [0.1, 0.15) is 0 Å². The van der Waals surface area contributed by atoms with Gasteiger partial charge in [0.2, 0.25) is 5.91 Å². The smallest absolute Gasteiger partial charge is 0.304 e. The van der Waals surface area contributed by atoms with Gasteiger partial charge in [-0.1, -0.05) is 0 Å². The van der Waals surface area contributed by atoms with Gasteiger partial charge in [-0.25, -0.2) is 0 Å². The summed E-state index contributed by atoms with van der Waals surface area (Å²) in [4.78, 5) is 20.3. The Kier molecular flexibility index (Phi) is 4.21. The van der Waals surface area contributed by atoms with Crippen molar-refractivity contribution in [1.29, 1.82) is 0 Å². The first-order chi connectivity index (χ1) is 5.02. The molecule has 1 unspecified atom stereocenters. The maximum Gasteiger partial charge on any atom is 0.304 e. The third-order valence-electron chi connectivity index (χ3n) is 1.20.